The standard InChI is InChI=1S/C20H26N2O5/c1-4-5-14-18(17(8-21-2)22-19(14)20(26)27-3)13-7-6-12(9-23)15(10-24)16(13)11-25/h4,6-7,21-25H,1,5,8-11H2,2-3H3. The van der Waals surface area contributed by atoms with Crippen LogP contribution in [0.15, 0.2) is 24.8 Å². The molecular weight excluding hydrogens is 348 g/mol. The monoisotopic (exact) mass is 374 g/mol. The second-order valence-corrected chi connectivity index (χ2v) is 6.05. The number of carbonyl (C=O) groups excluding carboxylic acids is 1. The summed E-state index contributed by atoms with van der Waals surface area (Å²) in [4.78, 5) is 15.4. The van der Waals surface area contributed by atoms with Crippen LogP contribution in [0, 0.1) is 0 Å². The van der Waals surface area contributed by atoms with E-state index in [1.807, 2.05) is 0 Å². The van der Waals surface area contributed by atoms with Crippen LogP contribution in [0.25, 0.3) is 11.1 Å². The van der Waals surface area contributed by atoms with E-state index in [4.69, 9.17) is 4.74 Å². The first-order valence-corrected chi connectivity index (χ1v) is 8.61. The van der Waals surface area contributed by atoms with Crippen molar-refractivity contribution in [2.75, 3.05) is 14.2 Å². The molecule has 0 spiro atoms. The van der Waals surface area contributed by atoms with Gasteiger partial charge in [-0.05, 0) is 41.3 Å². The normalized spacial score (nSPS) is 10.9. The molecule has 0 unspecified atom stereocenters. The molecule has 0 fully saturated rings. The number of aliphatic hydroxyl groups excluding tert-OH is 3. The lowest BCUT2D eigenvalue weighted by Crippen LogP contribution is -2.08. The molecule has 2 aromatic rings. The first kappa shape index (κ1) is 20.9. The van der Waals surface area contributed by atoms with Gasteiger partial charge in [0.1, 0.15) is 5.69 Å². The highest BCUT2D eigenvalue weighted by molar-refractivity contribution is 5.93. The minimum absolute atomic E-state index is 0.243. The number of rotatable bonds is 9. The largest absolute Gasteiger partial charge is 0.464 e. The van der Waals surface area contributed by atoms with Crippen molar-refractivity contribution in [3.05, 3.63) is 58.4 Å². The van der Waals surface area contributed by atoms with Crippen molar-refractivity contribution in [1.29, 1.82) is 0 Å². The molecule has 1 heterocycles. The van der Waals surface area contributed by atoms with Crippen molar-refractivity contribution in [3.8, 4) is 11.1 Å². The summed E-state index contributed by atoms with van der Waals surface area (Å²) in [6.07, 6.45) is 2.11. The van der Waals surface area contributed by atoms with Crippen LogP contribution in [0.2, 0.25) is 0 Å². The second kappa shape index (κ2) is 9.48. The third-order valence-corrected chi connectivity index (χ3v) is 4.56. The summed E-state index contributed by atoms with van der Waals surface area (Å²) < 4.78 is 4.90. The third-order valence-electron chi connectivity index (χ3n) is 4.56. The Morgan fingerprint density at radius 3 is 2.41 bits per heavy atom. The van der Waals surface area contributed by atoms with Gasteiger partial charge in [-0.2, -0.15) is 0 Å². The molecule has 27 heavy (non-hydrogen) atoms. The van der Waals surface area contributed by atoms with Crippen LogP contribution in [0.5, 0.6) is 0 Å². The fourth-order valence-corrected chi connectivity index (χ4v) is 3.36. The summed E-state index contributed by atoms with van der Waals surface area (Å²) in [5.41, 5.74) is 4.79. The molecule has 0 aliphatic heterocycles. The van der Waals surface area contributed by atoms with E-state index in [0.717, 1.165) is 11.3 Å². The molecular formula is C20H26N2O5. The smallest absolute Gasteiger partial charge is 0.354 e. The number of ether oxygens (including phenoxy) is 1. The Kier molecular flexibility index (Phi) is 7.32. The molecule has 7 heteroatoms. The van der Waals surface area contributed by atoms with E-state index < -0.39 is 5.97 Å². The van der Waals surface area contributed by atoms with Crippen LogP contribution in [0.3, 0.4) is 0 Å². The first-order valence-electron chi connectivity index (χ1n) is 8.61. The summed E-state index contributed by atoms with van der Waals surface area (Å²) in [5.74, 6) is -0.490. The number of nitrogens with one attached hydrogen (secondary N) is 2. The highest BCUT2D eigenvalue weighted by Crippen LogP contribution is 2.36. The fraction of sp³-hybridized carbons (Fsp3) is 0.350. The molecule has 0 aliphatic rings. The number of hydrogen-bond donors (Lipinski definition) is 5. The molecule has 146 valence electrons. The number of aliphatic hydroxyl groups is 3. The molecule has 0 radical (unpaired) electrons. The summed E-state index contributed by atoms with van der Waals surface area (Å²) >= 11 is 0. The number of aromatic nitrogens is 1. The number of benzene rings is 1. The molecule has 5 N–H and O–H groups in total. The molecule has 2 rings (SSSR count). The van der Waals surface area contributed by atoms with Crippen molar-refractivity contribution >= 4 is 5.97 Å². The van der Waals surface area contributed by atoms with Gasteiger partial charge in [0.2, 0.25) is 0 Å². The second-order valence-electron chi connectivity index (χ2n) is 6.05. The Morgan fingerprint density at radius 2 is 1.89 bits per heavy atom. The molecule has 0 amide bonds. The Bertz CT molecular complexity index is 826. The van der Waals surface area contributed by atoms with E-state index in [9.17, 15) is 20.1 Å². The lowest BCUT2D eigenvalue weighted by atomic mass is 9.89. The zero-order valence-corrected chi connectivity index (χ0v) is 15.6. The van der Waals surface area contributed by atoms with Gasteiger partial charge in [-0.15, -0.1) is 6.58 Å². The van der Waals surface area contributed by atoms with Gasteiger partial charge in [0, 0.05) is 17.8 Å². The first-order chi connectivity index (χ1) is 13.1. The quantitative estimate of drug-likeness (QED) is 0.335. The van der Waals surface area contributed by atoms with E-state index in [1.54, 1.807) is 25.3 Å². The number of carbonyl (C=O) groups is 1. The van der Waals surface area contributed by atoms with Gasteiger partial charge >= 0.3 is 5.97 Å². The van der Waals surface area contributed by atoms with Crippen molar-refractivity contribution in [3.63, 3.8) is 0 Å². The van der Waals surface area contributed by atoms with Crippen molar-refractivity contribution in [2.45, 2.75) is 32.8 Å². The predicted octanol–water partition coefficient (Wildman–Crippen LogP) is 1.39. The lowest BCUT2D eigenvalue weighted by molar-refractivity contribution is 0.0593. The van der Waals surface area contributed by atoms with E-state index in [1.165, 1.54) is 7.11 Å². The molecule has 0 bridgehead atoms. The van der Waals surface area contributed by atoms with E-state index in [0.29, 0.717) is 46.5 Å². The maximum absolute atomic E-state index is 12.3. The third kappa shape index (κ3) is 3.96. The molecule has 1 aromatic carbocycles. The maximum Gasteiger partial charge on any atom is 0.354 e. The summed E-state index contributed by atoms with van der Waals surface area (Å²) in [7, 11) is 3.11. The topological polar surface area (TPSA) is 115 Å². The summed E-state index contributed by atoms with van der Waals surface area (Å²) in [6, 6.07) is 3.50. The Morgan fingerprint density at radius 1 is 1.19 bits per heavy atom. The maximum atomic E-state index is 12.3. The summed E-state index contributed by atoms with van der Waals surface area (Å²) in [5, 5.41) is 32.4. The number of hydrogen-bond acceptors (Lipinski definition) is 6. The van der Waals surface area contributed by atoms with Crippen LogP contribution < -0.4 is 5.32 Å². The Balaban J connectivity index is 2.85. The average Bonchev–Trinajstić information content (AvgIpc) is 3.04. The van der Waals surface area contributed by atoms with Gasteiger partial charge in [-0.1, -0.05) is 18.2 Å². The number of methoxy groups -OCH3 is 1. The highest BCUT2D eigenvalue weighted by atomic mass is 16.5. The van der Waals surface area contributed by atoms with Gasteiger partial charge < -0.3 is 30.4 Å². The molecule has 1 aromatic heterocycles. The minimum atomic E-state index is -0.490. The lowest BCUT2D eigenvalue weighted by Gasteiger charge is -2.17. The molecule has 0 atom stereocenters. The van der Waals surface area contributed by atoms with Crippen LogP contribution in [0.4, 0.5) is 0 Å². The molecule has 7 nitrogen and oxygen atoms in total. The van der Waals surface area contributed by atoms with E-state index in [-0.39, 0.29) is 19.8 Å². The highest BCUT2D eigenvalue weighted by Gasteiger charge is 2.25. The SMILES string of the molecule is C=CCc1c(C(=O)OC)[nH]c(CNC)c1-c1ccc(CO)c(CO)c1CO. The van der Waals surface area contributed by atoms with Crippen molar-refractivity contribution in [2.24, 2.45) is 0 Å². The molecule has 0 aliphatic carbocycles. The Labute approximate surface area is 158 Å². The van der Waals surface area contributed by atoms with Crippen LogP contribution >= 0.6 is 0 Å². The molecule has 0 saturated heterocycles. The van der Waals surface area contributed by atoms with E-state index in [2.05, 4.69) is 16.9 Å². The summed E-state index contributed by atoms with van der Waals surface area (Å²) in [6.45, 7) is 3.36. The zero-order chi connectivity index (χ0) is 20.0. The number of esters is 1. The van der Waals surface area contributed by atoms with Crippen LogP contribution in [-0.2, 0) is 37.5 Å². The van der Waals surface area contributed by atoms with Gasteiger partial charge in [-0.3, -0.25) is 0 Å². The number of allylic oxidation sites excluding steroid dienone is 1. The van der Waals surface area contributed by atoms with E-state index >= 15 is 0 Å². The van der Waals surface area contributed by atoms with Gasteiger partial charge in [0.05, 0.1) is 26.9 Å². The van der Waals surface area contributed by atoms with Crippen LogP contribution in [0.1, 0.15) is 38.4 Å². The molecule has 0 saturated carbocycles. The van der Waals surface area contributed by atoms with Crippen molar-refractivity contribution in [1.82, 2.24) is 10.3 Å². The van der Waals surface area contributed by atoms with Gasteiger partial charge in [-0.25, -0.2) is 4.79 Å². The number of H-pyrrole nitrogens is 1. The fourth-order valence-electron chi connectivity index (χ4n) is 3.36. The minimum Gasteiger partial charge on any atom is -0.464 e. The average molecular weight is 374 g/mol. The Hall–Kier alpha value is -2.45. The van der Waals surface area contributed by atoms with Gasteiger partial charge in [0.15, 0.2) is 0 Å². The zero-order valence-electron chi connectivity index (χ0n) is 15.6. The van der Waals surface area contributed by atoms with Crippen LogP contribution in [-0.4, -0.2) is 40.4 Å². The number of aromatic amines is 1. The van der Waals surface area contributed by atoms with Crippen molar-refractivity contribution < 1.29 is 24.9 Å². The predicted molar refractivity (Wildman–Crippen MR) is 102 cm³/mol. The van der Waals surface area contributed by atoms with Gasteiger partial charge in [0.25, 0.3) is 0 Å².